The first-order chi connectivity index (χ1) is 5.90. The van der Waals surface area contributed by atoms with Crippen molar-refractivity contribution in [1.82, 2.24) is 0 Å². The summed E-state index contributed by atoms with van der Waals surface area (Å²) in [5.74, 6) is -2.51. The maximum absolute atomic E-state index is 9.55. The summed E-state index contributed by atoms with van der Waals surface area (Å²) in [4.78, 5) is 19.1. The Hall–Kier alpha value is -1.40. The lowest BCUT2D eigenvalue weighted by molar-refractivity contribution is -0.134. The minimum atomic E-state index is -1.26. The van der Waals surface area contributed by atoms with Gasteiger partial charge in [-0.1, -0.05) is 0 Å². The molecule has 0 aromatic carbocycles. The second-order valence-electron chi connectivity index (χ2n) is 2.09. The Bertz CT molecular complexity index is 171. The van der Waals surface area contributed by atoms with Crippen LogP contribution in [-0.4, -0.2) is 39.9 Å². The second-order valence-corrected chi connectivity index (χ2v) is 2.09. The number of nitrogens with two attached hydrogens (primary N) is 1. The quantitative estimate of drug-likeness (QED) is 0.426. The van der Waals surface area contributed by atoms with Crippen LogP contribution in [0.1, 0.15) is 6.92 Å². The van der Waals surface area contributed by atoms with Gasteiger partial charge in [0, 0.05) is 18.7 Å². The Kier molecular flexibility index (Phi) is 9.46. The van der Waals surface area contributed by atoms with Crippen molar-refractivity contribution >= 4 is 11.9 Å². The number of rotatable bonds is 3. The van der Waals surface area contributed by atoms with Gasteiger partial charge in [-0.2, -0.15) is 0 Å². The number of aliphatic hydroxyl groups is 1. The highest BCUT2D eigenvalue weighted by molar-refractivity contribution is 5.89. The lowest BCUT2D eigenvalue weighted by atomic mass is 10.4. The molecule has 0 saturated carbocycles. The fourth-order valence-corrected chi connectivity index (χ4v) is 0.143. The van der Waals surface area contributed by atoms with Crippen molar-refractivity contribution in [2.24, 2.45) is 5.73 Å². The summed E-state index contributed by atoms with van der Waals surface area (Å²) in [6.07, 6.45) is 0.778. The first-order valence-electron chi connectivity index (χ1n) is 3.42. The minimum absolute atomic E-state index is 0.338. The van der Waals surface area contributed by atoms with Crippen molar-refractivity contribution in [2.45, 2.75) is 13.0 Å². The number of aliphatic carboxylic acids is 2. The number of hydrogen-bond acceptors (Lipinski definition) is 4. The summed E-state index contributed by atoms with van der Waals surface area (Å²) in [7, 11) is 0. The fourth-order valence-electron chi connectivity index (χ4n) is 0.143. The predicted octanol–water partition coefficient (Wildman–Crippen LogP) is -0.962. The molecule has 0 rings (SSSR count). The first-order valence-corrected chi connectivity index (χ1v) is 3.42. The Labute approximate surface area is 75.3 Å². The average molecular weight is 191 g/mol. The Balaban J connectivity index is 0. The molecule has 13 heavy (non-hydrogen) atoms. The van der Waals surface area contributed by atoms with Crippen LogP contribution in [0.15, 0.2) is 12.2 Å². The Morgan fingerprint density at radius 1 is 1.31 bits per heavy atom. The van der Waals surface area contributed by atoms with Gasteiger partial charge in [0.25, 0.3) is 0 Å². The third-order valence-electron chi connectivity index (χ3n) is 0.710. The molecule has 0 heterocycles. The molecule has 0 aliphatic rings. The van der Waals surface area contributed by atoms with Gasteiger partial charge in [0.15, 0.2) is 0 Å². The molecule has 0 aliphatic carbocycles. The molecule has 6 nitrogen and oxygen atoms in total. The van der Waals surface area contributed by atoms with Crippen molar-refractivity contribution in [1.29, 1.82) is 0 Å². The molecule has 76 valence electrons. The average Bonchev–Trinajstić information content (AvgIpc) is 2.02. The van der Waals surface area contributed by atoms with Crippen LogP contribution in [0.5, 0.6) is 0 Å². The Morgan fingerprint density at radius 2 is 1.54 bits per heavy atom. The van der Waals surface area contributed by atoms with Gasteiger partial charge < -0.3 is 21.1 Å². The third kappa shape index (κ3) is 25.0. The van der Waals surface area contributed by atoms with E-state index in [9.17, 15) is 9.59 Å². The van der Waals surface area contributed by atoms with Gasteiger partial charge in [-0.25, -0.2) is 9.59 Å². The molecule has 0 aromatic rings. The van der Waals surface area contributed by atoms with E-state index in [1.807, 2.05) is 0 Å². The first kappa shape index (κ1) is 14.1. The van der Waals surface area contributed by atoms with E-state index in [1.165, 1.54) is 0 Å². The van der Waals surface area contributed by atoms with Crippen molar-refractivity contribution in [3.8, 4) is 0 Å². The SMILES string of the molecule is CC(O)CN.O=C(O)/C=C\C(=O)O. The van der Waals surface area contributed by atoms with Gasteiger partial charge >= 0.3 is 11.9 Å². The third-order valence-corrected chi connectivity index (χ3v) is 0.710. The van der Waals surface area contributed by atoms with E-state index in [4.69, 9.17) is 21.1 Å². The van der Waals surface area contributed by atoms with Crippen LogP contribution in [0.4, 0.5) is 0 Å². The van der Waals surface area contributed by atoms with Crippen molar-refractivity contribution < 1.29 is 24.9 Å². The van der Waals surface area contributed by atoms with Crippen LogP contribution < -0.4 is 5.73 Å². The summed E-state index contributed by atoms with van der Waals surface area (Å²) in [6, 6.07) is 0. The standard InChI is InChI=1S/C4H4O4.C3H9NO/c5-3(6)1-2-4(7)8;1-3(5)2-4/h1-2H,(H,5,6)(H,7,8);3,5H,2,4H2,1H3/b2-1-;. The van der Waals surface area contributed by atoms with E-state index in [2.05, 4.69) is 0 Å². The summed E-state index contributed by atoms with van der Waals surface area (Å²) in [5, 5.41) is 23.9. The van der Waals surface area contributed by atoms with E-state index in [0.717, 1.165) is 0 Å². The summed E-state index contributed by atoms with van der Waals surface area (Å²) < 4.78 is 0. The van der Waals surface area contributed by atoms with Crippen molar-refractivity contribution in [3.63, 3.8) is 0 Å². The number of carboxylic acids is 2. The van der Waals surface area contributed by atoms with E-state index < -0.39 is 11.9 Å². The zero-order valence-electron chi connectivity index (χ0n) is 7.17. The molecule has 0 fully saturated rings. The zero-order valence-corrected chi connectivity index (χ0v) is 7.17. The molecule has 0 spiro atoms. The predicted molar refractivity (Wildman–Crippen MR) is 45.1 cm³/mol. The van der Waals surface area contributed by atoms with Crippen molar-refractivity contribution in [2.75, 3.05) is 6.54 Å². The molecule has 0 amide bonds. The molecule has 0 aliphatic heterocycles. The van der Waals surface area contributed by atoms with Crippen LogP contribution in [0.3, 0.4) is 0 Å². The normalized spacial score (nSPS) is 11.6. The molecule has 0 aromatic heterocycles. The van der Waals surface area contributed by atoms with Crippen LogP contribution in [0.2, 0.25) is 0 Å². The molecule has 6 heteroatoms. The van der Waals surface area contributed by atoms with E-state index in [0.29, 0.717) is 18.7 Å². The van der Waals surface area contributed by atoms with E-state index in [1.54, 1.807) is 6.92 Å². The van der Waals surface area contributed by atoms with Crippen molar-refractivity contribution in [3.05, 3.63) is 12.2 Å². The lowest BCUT2D eigenvalue weighted by Crippen LogP contribution is -2.14. The minimum Gasteiger partial charge on any atom is -0.478 e. The molecule has 1 unspecified atom stereocenters. The second kappa shape index (κ2) is 8.69. The van der Waals surface area contributed by atoms with E-state index >= 15 is 0 Å². The maximum Gasteiger partial charge on any atom is 0.328 e. The highest BCUT2D eigenvalue weighted by Gasteiger charge is 1.88. The molecule has 0 bridgehead atoms. The smallest absolute Gasteiger partial charge is 0.328 e. The molecule has 1 atom stereocenters. The van der Waals surface area contributed by atoms with Gasteiger partial charge in [0.2, 0.25) is 0 Å². The van der Waals surface area contributed by atoms with Gasteiger partial charge in [0.1, 0.15) is 0 Å². The summed E-state index contributed by atoms with van der Waals surface area (Å²) in [5.41, 5.74) is 4.92. The molecular formula is C7H13NO5. The maximum atomic E-state index is 9.55. The molecular weight excluding hydrogens is 178 g/mol. The topological polar surface area (TPSA) is 121 Å². The van der Waals surface area contributed by atoms with Crippen LogP contribution in [0, 0.1) is 0 Å². The zero-order chi connectivity index (χ0) is 10.9. The Morgan fingerprint density at radius 3 is 1.62 bits per heavy atom. The highest BCUT2D eigenvalue weighted by Crippen LogP contribution is 1.70. The lowest BCUT2D eigenvalue weighted by Gasteiger charge is -1.91. The number of hydrogen-bond donors (Lipinski definition) is 4. The highest BCUT2D eigenvalue weighted by atomic mass is 16.4. The largest absolute Gasteiger partial charge is 0.478 e. The number of aliphatic hydroxyl groups excluding tert-OH is 1. The van der Waals surface area contributed by atoms with Gasteiger partial charge in [-0.05, 0) is 6.92 Å². The number of carbonyl (C=O) groups is 2. The number of carboxylic acid groups (broad SMARTS) is 2. The monoisotopic (exact) mass is 191 g/mol. The fraction of sp³-hybridized carbons (Fsp3) is 0.429. The summed E-state index contributed by atoms with van der Waals surface area (Å²) >= 11 is 0. The van der Waals surface area contributed by atoms with Crippen LogP contribution in [-0.2, 0) is 9.59 Å². The summed E-state index contributed by atoms with van der Waals surface area (Å²) in [6.45, 7) is 2.01. The van der Waals surface area contributed by atoms with Crippen LogP contribution in [0.25, 0.3) is 0 Å². The molecule has 0 radical (unpaired) electrons. The molecule has 0 saturated heterocycles. The van der Waals surface area contributed by atoms with Crippen LogP contribution >= 0.6 is 0 Å². The van der Waals surface area contributed by atoms with Gasteiger partial charge in [0.05, 0.1) is 6.10 Å². The van der Waals surface area contributed by atoms with Gasteiger partial charge in [-0.15, -0.1) is 0 Å². The van der Waals surface area contributed by atoms with Gasteiger partial charge in [-0.3, -0.25) is 0 Å². The van der Waals surface area contributed by atoms with E-state index in [-0.39, 0.29) is 6.10 Å². The molecule has 5 N–H and O–H groups in total.